The summed E-state index contributed by atoms with van der Waals surface area (Å²) < 4.78 is 4.93. The first kappa shape index (κ1) is 12.2. The van der Waals surface area contributed by atoms with Crippen molar-refractivity contribution in [3.63, 3.8) is 0 Å². The van der Waals surface area contributed by atoms with Crippen LogP contribution < -0.4 is 0 Å². The van der Waals surface area contributed by atoms with Crippen LogP contribution in [0.25, 0.3) is 0 Å². The third-order valence-corrected chi connectivity index (χ3v) is 2.02. The molecule has 88 valence electrons. The van der Waals surface area contributed by atoms with Crippen molar-refractivity contribution in [2.45, 2.75) is 32.4 Å². The van der Waals surface area contributed by atoms with Crippen LogP contribution in [0.3, 0.4) is 0 Å². The number of rotatable bonds is 5. The largest absolute Gasteiger partial charge is 0.479 e. The number of carboxylic acid groups (broad SMARTS) is 1. The van der Waals surface area contributed by atoms with Gasteiger partial charge in [0.2, 0.25) is 0 Å². The minimum Gasteiger partial charge on any atom is -0.479 e. The summed E-state index contributed by atoms with van der Waals surface area (Å²) in [6.07, 6.45) is 2.88. The van der Waals surface area contributed by atoms with Gasteiger partial charge in [-0.25, -0.2) is 9.59 Å². The summed E-state index contributed by atoms with van der Waals surface area (Å²) in [4.78, 5) is 23.3. The number of carbonyl (C=O) groups excluding carboxylic acids is 1. The molecule has 0 aliphatic rings. The quantitative estimate of drug-likeness (QED) is 0.572. The highest BCUT2D eigenvalue weighted by molar-refractivity contribution is 5.95. The first-order valence-corrected chi connectivity index (χ1v) is 4.85. The summed E-state index contributed by atoms with van der Waals surface area (Å²) in [5.41, 5.74) is 0. The molecule has 0 spiro atoms. The van der Waals surface area contributed by atoms with Gasteiger partial charge in [0.05, 0.1) is 18.5 Å². The van der Waals surface area contributed by atoms with Crippen LogP contribution in [-0.2, 0) is 14.3 Å². The van der Waals surface area contributed by atoms with Crippen LogP contribution in [-0.4, -0.2) is 38.1 Å². The van der Waals surface area contributed by atoms with Gasteiger partial charge in [-0.2, -0.15) is 15.0 Å². The molecule has 7 nitrogen and oxygen atoms in total. The molecule has 0 aromatic carbocycles. The molecule has 0 saturated heterocycles. The Morgan fingerprint density at radius 3 is 2.44 bits per heavy atom. The molecule has 0 saturated carbocycles. The van der Waals surface area contributed by atoms with Crippen LogP contribution >= 0.6 is 0 Å². The number of carbonyl (C=O) groups is 2. The zero-order chi connectivity index (χ0) is 12.1. The van der Waals surface area contributed by atoms with E-state index < -0.39 is 18.0 Å². The third kappa shape index (κ3) is 2.78. The van der Waals surface area contributed by atoms with Gasteiger partial charge in [0.1, 0.15) is 0 Å². The summed E-state index contributed by atoms with van der Waals surface area (Å²) in [5.74, 6) is -2.21. The van der Waals surface area contributed by atoms with Crippen molar-refractivity contribution in [2.75, 3.05) is 0 Å². The number of ether oxygens (including phenoxy) is 1. The van der Waals surface area contributed by atoms with E-state index in [-0.39, 0.29) is 6.10 Å². The summed E-state index contributed by atoms with van der Waals surface area (Å²) >= 11 is 0. The standard InChI is InChI=1S/C9H13N3O4/c1-3-6(2)16-9(15)7(8(13)14)12-10-4-5-11-12/h4-7H,3H2,1-2H3,(H,13,14). The minimum atomic E-state index is -1.52. The number of carboxylic acids is 1. The second-order valence-corrected chi connectivity index (χ2v) is 3.25. The van der Waals surface area contributed by atoms with Crippen LogP contribution in [0.2, 0.25) is 0 Å². The molecule has 1 rings (SSSR count). The second kappa shape index (κ2) is 5.24. The number of aliphatic carboxylic acids is 1. The minimum absolute atomic E-state index is 0.329. The van der Waals surface area contributed by atoms with Gasteiger partial charge in [0, 0.05) is 0 Å². The Morgan fingerprint density at radius 2 is 2.00 bits per heavy atom. The van der Waals surface area contributed by atoms with Crippen LogP contribution in [0.5, 0.6) is 0 Å². The van der Waals surface area contributed by atoms with Crippen LogP contribution in [0.15, 0.2) is 12.4 Å². The van der Waals surface area contributed by atoms with E-state index in [9.17, 15) is 9.59 Å². The molecule has 1 heterocycles. The SMILES string of the molecule is CCC(C)OC(=O)C(C(=O)O)n1nccn1. The van der Waals surface area contributed by atoms with Gasteiger partial charge >= 0.3 is 11.9 Å². The van der Waals surface area contributed by atoms with Gasteiger partial charge in [-0.1, -0.05) is 6.92 Å². The Kier molecular flexibility index (Phi) is 3.98. The van der Waals surface area contributed by atoms with E-state index in [1.54, 1.807) is 6.92 Å². The lowest BCUT2D eigenvalue weighted by atomic mass is 10.3. The first-order chi connectivity index (χ1) is 7.56. The summed E-state index contributed by atoms with van der Waals surface area (Å²) in [7, 11) is 0. The molecule has 2 unspecified atom stereocenters. The van der Waals surface area contributed by atoms with Crippen molar-refractivity contribution in [1.82, 2.24) is 15.0 Å². The number of hydrogen-bond donors (Lipinski definition) is 1. The molecule has 1 aromatic rings. The maximum absolute atomic E-state index is 11.5. The summed E-state index contributed by atoms with van der Waals surface area (Å²) in [5, 5.41) is 16.1. The van der Waals surface area contributed by atoms with E-state index >= 15 is 0 Å². The highest BCUT2D eigenvalue weighted by Crippen LogP contribution is 2.09. The summed E-state index contributed by atoms with van der Waals surface area (Å²) in [6.45, 7) is 3.52. The van der Waals surface area contributed by atoms with Crippen molar-refractivity contribution in [2.24, 2.45) is 0 Å². The Hall–Kier alpha value is -1.92. The van der Waals surface area contributed by atoms with Crippen LogP contribution in [0.4, 0.5) is 0 Å². The van der Waals surface area contributed by atoms with Gasteiger partial charge in [0.15, 0.2) is 0 Å². The molecule has 0 aliphatic heterocycles. The van der Waals surface area contributed by atoms with Gasteiger partial charge < -0.3 is 9.84 Å². The van der Waals surface area contributed by atoms with Gasteiger partial charge in [-0.15, -0.1) is 0 Å². The predicted octanol–water partition coefficient (Wildman–Crippen LogP) is 0.245. The zero-order valence-corrected chi connectivity index (χ0v) is 9.03. The third-order valence-electron chi connectivity index (χ3n) is 2.02. The highest BCUT2D eigenvalue weighted by atomic mass is 16.5. The molecular formula is C9H13N3O4. The lowest BCUT2D eigenvalue weighted by Crippen LogP contribution is -2.32. The van der Waals surface area contributed by atoms with E-state index in [2.05, 4.69) is 10.2 Å². The Bertz CT molecular complexity index is 363. The molecule has 1 N–H and O–H groups in total. The van der Waals surface area contributed by atoms with Crippen molar-refractivity contribution in [3.05, 3.63) is 12.4 Å². The normalized spacial score (nSPS) is 14.1. The van der Waals surface area contributed by atoms with Gasteiger partial charge in [0.25, 0.3) is 6.04 Å². The first-order valence-electron chi connectivity index (χ1n) is 4.85. The van der Waals surface area contributed by atoms with E-state index in [0.717, 1.165) is 4.80 Å². The molecular weight excluding hydrogens is 214 g/mol. The highest BCUT2D eigenvalue weighted by Gasteiger charge is 2.32. The smallest absolute Gasteiger partial charge is 0.344 e. The second-order valence-electron chi connectivity index (χ2n) is 3.25. The predicted molar refractivity (Wildman–Crippen MR) is 52.5 cm³/mol. The molecule has 1 aromatic heterocycles. The molecule has 16 heavy (non-hydrogen) atoms. The monoisotopic (exact) mass is 227 g/mol. The number of aromatic nitrogens is 3. The lowest BCUT2D eigenvalue weighted by Gasteiger charge is -2.14. The van der Waals surface area contributed by atoms with Gasteiger partial charge in [-0.3, -0.25) is 0 Å². The number of hydrogen-bond acceptors (Lipinski definition) is 5. The van der Waals surface area contributed by atoms with Crippen molar-refractivity contribution >= 4 is 11.9 Å². The fourth-order valence-corrected chi connectivity index (χ4v) is 0.999. The molecule has 0 aliphatic carbocycles. The summed E-state index contributed by atoms with van der Waals surface area (Å²) in [6, 6.07) is -1.52. The van der Waals surface area contributed by atoms with Crippen molar-refractivity contribution in [1.29, 1.82) is 0 Å². The van der Waals surface area contributed by atoms with E-state index in [1.165, 1.54) is 12.4 Å². The van der Waals surface area contributed by atoms with E-state index in [4.69, 9.17) is 9.84 Å². The fraction of sp³-hybridized carbons (Fsp3) is 0.556. The molecule has 0 radical (unpaired) electrons. The number of nitrogens with zero attached hydrogens (tertiary/aromatic N) is 3. The Balaban J connectivity index is 2.79. The zero-order valence-electron chi connectivity index (χ0n) is 9.03. The number of esters is 1. The fourth-order valence-electron chi connectivity index (χ4n) is 0.999. The van der Waals surface area contributed by atoms with Crippen molar-refractivity contribution < 1.29 is 19.4 Å². The van der Waals surface area contributed by atoms with E-state index in [0.29, 0.717) is 6.42 Å². The molecule has 0 amide bonds. The molecule has 7 heteroatoms. The Morgan fingerprint density at radius 1 is 1.44 bits per heavy atom. The average Bonchev–Trinajstić information content (AvgIpc) is 2.70. The lowest BCUT2D eigenvalue weighted by molar-refractivity contribution is -0.161. The Labute approximate surface area is 92.0 Å². The topological polar surface area (TPSA) is 94.3 Å². The van der Waals surface area contributed by atoms with Crippen LogP contribution in [0, 0.1) is 0 Å². The van der Waals surface area contributed by atoms with E-state index in [1.807, 2.05) is 6.92 Å². The van der Waals surface area contributed by atoms with Crippen molar-refractivity contribution in [3.8, 4) is 0 Å². The maximum Gasteiger partial charge on any atom is 0.344 e. The molecule has 2 atom stereocenters. The molecule has 0 bridgehead atoms. The van der Waals surface area contributed by atoms with Crippen LogP contribution in [0.1, 0.15) is 26.3 Å². The average molecular weight is 227 g/mol. The molecule has 0 fully saturated rings. The maximum atomic E-state index is 11.5. The van der Waals surface area contributed by atoms with Gasteiger partial charge in [-0.05, 0) is 13.3 Å².